The van der Waals surface area contributed by atoms with E-state index in [9.17, 15) is 9.59 Å². The molecule has 0 atom stereocenters. The van der Waals surface area contributed by atoms with Crippen molar-refractivity contribution in [1.82, 2.24) is 0 Å². The van der Waals surface area contributed by atoms with E-state index < -0.39 is 29.1 Å². The van der Waals surface area contributed by atoms with Crippen LogP contribution in [0, 0.1) is 0 Å². The molecule has 0 spiro atoms. The van der Waals surface area contributed by atoms with E-state index in [1.807, 2.05) is 0 Å². The Balaban J connectivity index is 4.02. The Kier molecular flexibility index (Phi) is 6.03. The van der Waals surface area contributed by atoms with Gasteiger partial charge in [-0.3, -0.25) is 9.59 Å². The van der Waals surface area contributed by atoms with Gasteiger partial charge in [-0.2, -0.15) is 0 Å². The molecular weight excluding hydrogens is 222 g/mol. The molecule has 2 N–H and O–H groups in total. The first-order chi connectivity index (χ1) is 5.91. The third-order valence-corrected chi connectivity index (χ3v) is 2.48. The Morgan fingerprint density at radius 3 is 1.69 bits per heavy atom. The minimum absolute atomic E-state index is 0.746. The minimum Gasteiger partial charge on any atom is -0.385 e. The topological polar surface area (TPSA) is 102 Å². The van der Waals surface area contributed by atoms with Crippen molar-refractivity contribution < 1.29 is 32.7 Å². The van der Waals surface area contributed by atoms with E-state index in [1.165, 1.54) is 0 Å². The molecule has 0 heterocycles. The van der Waals surface area contributed by atoms with Crippen molar-refractivity contribution in [2.24, 2.45) is 0 Å². The fraction of sp³-hybridized carbons (Fsp3) is 0.500. The predicted molar refractivity (Wildman–Crippen MR) is 42.9 cm³/mol. The van der Waals surface area contributed by atoms with Crippen LogP contribution < -0.4 is 0 Å². The first kappa shape index (κ1) is 12.7. The molecule has 0 amide bonds. The predicted octanol–water partition coefficient (Wildman–Crippen LogP) is 0.568. The van der Waals surface area contributed by atoms with E-state index in [2.05, 4.69) is 13.4 Å². The molecule has 9 heteroatoms. The summed E-state index contributed by atoms with van der Waals surface area (Å²) in [6, 6.07) is 0. The highest BCUT2D eigenvalue weighted by Gasteiger charge is 2.23. The Bertz CT molecular complexity index is 177. The maximum atomic E-state index is 10.4. The van der Waals surface area contributed by atoms with Gasteiger partial charge in [0.2, 0.25) is 0 Å². The average Bonchev–Trinajstić information content (AvgIpc) is 1.80. The molecular formula is C4H8O7P2. The van der Waals surface area contributed by atoms with E-state index in [-0.39, 0.29) is 0 Å². The standard InChI is InChI=1S/C4H8O7P2/c1-3(5)9-13(10-4(2)6)11-12(7)8/h7-8H,1-2H3. The molecule has 0 aromatic heterocycles. The molecule has 0 aliphatic carbocycles. The highest BCUT2D eigenvalue weighted by atomic mass is 31.2. The van der Waals surface area contributed by atoms with E-state index in [0.717, 1.165) is 13.8 Å². The molecule has 0 aromatic carbocycles. The van der Waals surface area contributed by atoms with Crippen molar-refractivity contribution in [1.29, 1.82) is 0 Å². The van der Waals surface area contributed by atoms with Crippen LogP contribution in [0.5, 0.6) is 0 Å². The Hall–Kier alpha value is -0.320. The van der Waals surface area contributed by atoms with Gasteiger partial charge in [-0.15, -0.1) is 0 Å². The SMILES string of the molecule is CC(=O)OP(OC(C)=O)OP(O)O. The van der Waals surface area contributed by atoms with Crippen LogP contribution in [-0.2, 0) is 22.9 Å². The Morgan fingerprint density at radius 1 is 1.08 bits per heavy atom. The second-order valence-electron chi connectivity index (χ2n) is 1.72. The van der Waals surface area contributed by atoms with Crippen LogP contribution in [0.3, 0.4) is 0 Å². The molecule has 0 saturated carbocycles. The smallest absolute Gasteiger partial charge is 0.385 e. The molecule has 0 aliphatic rings. The number of hydrogen-bond acceptors (Lipinski definition) is 7. The molecule has 13 heavy (non-hydrogen) atoms. The first-order valence-corrected chi connectivity index (χ1v) is 5.21. The van der Waals surface area contributed by atoms with Crippen LogP contribution in [0.1, 0.15) is 13.8 Å². The van der Waals surface area contributed by atoms with Crippen molar-refractivity contribution in [3.8, 4) is 0 Å². The number of hydrogen-bond donors (Lipinski definition) is 2. The zero-order valence-corrected chi connectivity index (χ0v) is 8.62. The molecule has 0 unspecified atom stereocenters. The third-order valence-electron chi connectivity index (χ3n) is 0.546. The summed E-state index contributed by atoms with van der Waals surface area (Å²) < 4.78 is 12.9. The zero-order chi connectivity index (χ0) is 10.4. The van der Waals surface area contributed by atoms with Gasteiger partial charge in [-0.1, -0.05) is 0 Å². The molecule has 0 aliphatic heterocycles. The van der Waals surface area contributed by atoms with Crippen LogP contribution in [0.4, 0.5) is 0 Å². The number of rotatable bonds is 4. The van der Waals surface area contributed by atoms with E-state index in [1.54, 1.807) is 0 Å². The summed E-state index contributed by atoms with van der Waals surface area (Å²) in [5.41, 5.74) is 0. The molecule has 0 radical (unpaired) electrons. The summed E-state index contributed by atoms with van der Waals surface area (Å²) in [4.78, 5) is 37.5. The summed E-state index contributed by atoms with van der Waals surface area (Å²) in [6.07, 6.45) is 0. The van der Waals surface area contributed by atoms with E-state index in [0.29, 0.717) is 0 Å². The van der Waals surface area contributed by atoms with Crippen LogP contribution in [0.25, 0.3) is 0 Å². The molecule has 7 nitrogen and oxygen atoms in total. The van der Waals surface area contributed by atoms with E-state index >= 15 is 0 Å². The van der Waals surface area contributed by atoms with Gasteiger partial charge >= 0.3 is 29.1 Å². The van der Waals surface area contributed by atoms with Gasteiger partial charge in [0.25, 0.3) is 0 Å². The monoisotopic (exact) mass is 230 g/mol. The second kappa shape index (κ2) is 6.18. The fourth-order valence-electron chi connectivity index (χ4n) is 0.322. The second-order valence-corrected chi connectivity index (χ2v) is 3.69. The highest BCUT2D eigenvalue weighted by Crippen LogP contribution is 2.50. The van der Waals surface area contributed by atoms with Crippen LogP contribution in [-0.4, -0.2) is 21.7 Å². The van der Waals surface area contributed by atoms with Crippen LogP contribution in [0.15, 0.2) is 0 Å². The maximum Gasteiger partial charge on any atom is 0.474 e. The lowest BCUT2D eigenvalue weighted by atomic mass is 10.9. The lowest BCUT2D eigenvalue weighted by Gasteiger charge is -2.12. The quantitative estimate of drug-likeness (QED) is 0.680. The van der Waals surface area contributed by atoms with Gasteiger partial charge < -0.3 is 18.8 Å². The maximum absolute atomic E-state index is 10.4. The summed E-state index contributed by atoms with van der Waals surface area (Å²) >= 11 is 0. The van der Waals surface area contributed by atoms with Gasteiger partial charge in [-0.05, 0) is 0 Å². The molecule has 0 bridgehead atoms. The molecule has 0 rings (SSSR count). The summed E-state index contributed by atoms with van der Waals surface area (Å²) in [5, 5.41) is 0. The third kappa shape index (κ3) is 8.02. The number of carbonyl (C=O) groups is 2. The lowest BCUT2D eigenvalue weighted by Crippen LogP contribution is -2.01. The number of carbonyl (C=O) groups excluding carboxylic acids is 2. The van der Waals surface area contributed by atoms with Gasteiger partial charge in [0, 0.05) is 13.8 Å². The van der Waals surface area contributed by atoms with Crippen LogP contribution >= 0.6 is 17.2 Å². The van der Waals surface area contributed by atoms with Crippen molar-refractivity contribution in [3.63, 3.8) is 0 Å². The summed E-state index contributed by atoms with van der Waals surface area (Å²) in [6.45, 7) is 2.14. The van der Waals surface area contributed by atoms with Crippen LogP contribution in [0.2, 0.25) is 0 Å². The molecule has 0 fully saturated rings. The fourth-order valence-corrected chi connectivity index (χ4v) is 1.52. The first-order valence-electron chi connectivity index (χ1n) is 2.95. The molecule has 0 saturated heterocycles. The van der Waals surface area contributed by atoms with Gasteiger partial charge in [0.15, 0.2) is 0 Å². The minimum atomic E-state index is -2.73. The van der Waals surface area contributed by atoms with Gasteiger partial charge in [0.1, 0.15) is 0 Å². The van der Waals surface area contributed by atoms with Crippen molar-refractivity contribution in [2.45, 2.75) is 13.8 Å². The summed E-state index contributed by atoms with van der Waals surface area (Å²) in [7, 11) is -5.08. The zero-order valence-electron chi connectivity index (χ0n) is 6.83. The summed E-state index contributed by atoms with van der Waals surface area (Å²) in [5.74, 6) is -1.49. The largest absolute Gasteiger partial charge is 0.474 e. The van der Waals surface area contributed by atoms with Gasteiger partial charge in [0.05, 0.1) is 0 Å². The Labute approximate surface area is 76.6 Å². The highest BCUT2D eigenvalue weighted by molar-refractivity contribution is 7.55. The average molecular weight is 230 g/mol. The van der Waals surface area contributed by atoms with Crippen molar-refractivity contribution in [3.05, 3.63) is 0 Å². The Morgan fingerprint density at radius 2 is 1.46 bits per heavy atom. The van der Waals surface area contributed by atoms with E-state index in [4.69, 9.17) is 9.79 Å². The molecule has 76 valence electrons. The van der Waals surface area contributed by atoms with Gasteiger partial charge in [-0.25, -0.2) is 4.31 Å². The normalized spacial score (nSPS) is 10.3. The lowest BCUT2D eigenvalue weighted by molar-refractivity contribution is -0.135. The van der Waals surface area contributed by atoms with Crippen molar-refractivity contribution >= 4 is 29.1 Å². The van der Waals surface area contributed by atoms with Crippen molar-refractivity contribution in [2.75, 3.05) is 0 Å². The molecule has 0 aromatic rings.